The molecule has 2 heterocycles. The molecule has 1 aromatic heterocycles. The van der Waals surface area contributed by atoms with Crippen molar-refractivity contribution in [3.05, 3.63) is 70.2 Å². The van der Waals surface area contributed by atoms with E-state index in [0.717, 1.165) is 12.1 Å². The lowest BCUT2D eigenvalue weighted by molar-refractivity contribution is -0.137. The van der Waals surface area contributed by atoms with E-state index in [2.05, 4.69) is 10.2 Å². The van der Waals surface area contributed by atoms with Gasteiger partial charge in [0, 0.05) is 19.6 Å². The number of fused-ring (bicyclic) bond motifs is 1. The molecule has 0 bridgehead atoms. The SMILES string of the molecule is CC(C(=O)NCC(c1ccc(C(F)(F)F)cc1)N1CCOCC1)n1c(=O)oc2ccccc21. The van der Waals surface area contributed by atoms with E-state index in [1.54, 1.807) is 31.2 Å². The highest BCUT2D eigenvalue weighted by molar-refractivity contribution is 5.82. The molecular formula is C23H24F3N3O4. The third-order valence-corrected chi connectivity index (χ3v) is 5.86. The van der Waals surface area contributed by atoms with Gasteiger partial charge in [0.05, 0.1) is 30.3 Å². The molecule has 3 aromatic rings. The number of carbonyl (C=O) groups excluding carboxylic acids is 1. The molecular weight excluding hydrogens is 439 g/mol. The monoisotopic (exact) mass is 463 g/mol. The van der Waals surface area contributed by atoms with Crippen molar-refractivity contribution in [2.45, 2.75) is 25.2 Å². The standard InChI is InChI=1S/C23H24F3N3O4/c1-15(29-18-4-2-3-5-20(18)33-22(29)31)21(30)27-14-19(28-10-12-32-13-11-28)16-6-8-17(9-7-16)23(24,25)26/h2-9,15,19H,10-14H2,1H3,(H,27,30). The first kappa shape index (κ1) is 23.1. The van der Waals surface area contributed by atoms with Crippen LogP contribution in [0.15, 0.2) is 57.7 Å². The Morgan fingerprint density at radius 3 is 2.42 bits per heavy atom. The molecule has 1 aliphatic heterocycles. The predicted molar refractivity (Wildman–Crippen MR) is 115 cm³/mol. The summed E-state index contributed by atoms with van der Waals surface area (Å²) in [4.78, 5) is 27.3. The number of para-hydroxylation sites is 2. The van der Waals surface area contributed by atoms with Crippen molar-refractivity contribution in [2.24, 2.45) is 0 Å². The van der Waals surface area contributed by atoms with Gasteiger partial charge in [0.2, 0.25) is 5.91 Å². The lowest BCUT2D eigenvalue weighted by Gasteiger charge is -2.35. The van der Waals surface area contributed by atoms with Crippen LogP contribution in [0.2, 0.25) is 0 Å². The maximum absolute atomic E-state index is 13.0. The first-order valence-electron chi connectivity index (χ1n) is 10.6. The first-order valence-corrected chi connectivity index (χ1v) is 10.6. The fraction of sp³-hybridized carbons (Fsp3) is 0.391. The summed E-state index contributed by atoms with van der Waals surface area (Å²) in [6, 6.07) is 10.6. The molecule has 0 spiro atoms. The van der Waals surface area contributed by atoms with Crippen molar-refractivity contribution in [2.75, 3.05) is 32.8 Å². The van der Waals surface area contributed by atoms with Gasteiger partial charge in [-0.3, -0.25) is 14.3 Å². The smallest absolute Gasteiger partial charge is 0.408 e. The largest absolute Gasteiger partial charge is 0.420 e. The summed E-state index contributed by atoms with van der Waals surface area (Å²) in [6.07, 6.45) is -4.42. The number of hydrogen-bond acceptors (Lipinski definition) is 5. The van der Waals surface area contributed by atoms with Crippen LogP contribution >= 0.6 is 0 Å². The van der Waals surface area contributed by atoms with Gasteiger partial charge in [-0.25, -0.2) is 4.79 Å². The van der Waals surface area contributed by atoms with E-state index in [-0.39, 0.29) is 12.6 Å². The number of nitrogens with zero attached hydrogens (tertiary/aromatic N) is 2. The fourth-order valence-electron chi connectivity index (χ4n) is 4.05. The number of aromatic nitrogens is 1. The molecule has 1 saturated heterocycles. The molecule has 0 radical (unpaired) electrons. The summed E-state index contributed by atoms with van der Waals surface area (Å²) in [6.45, 7) is 3.93. The molecule has 1 aliphatic rings. The quantitative estimate of drug-likeness (QED) is 0.607. The van der Waals surface area contributed by atoms with Crippen molar-refractivity contribution in [3.63, 3.8) is 0 Å². The molecule has 0 aliphatic carbocycles. The Balaban J connectivity index is 1.53. The zero-order valence-corrected chi connectivity index (χ0v) is 18.0. The predicted octanol–water partition coefficient (Wildman–Crippen LogP) is 3.36. The summed E-state index contributed by atoms with van der Waals surface area (Å²) in [5.74, 6) is -1.03. The van der Waals surface area contributed by atoms with Gasteiger partial charge < -0.3 is 14.5 Å². The van der Waals surface area contributed by atoms with Gasteiger partial charge in [-0.15, -0.1) is 0 Å². The number of carbonyl (C=O) groups is 1. The van der Waals surface area contributed by atoms with Crippen LogP contribution in [0.1, 0.15) is 30.1 Å². The number of nitrogens with one attached hydrogen (secondary N) is 1. The van der Waals surface area contributed by atoms with Crippen LogP contribution in [-0.4, -0.2) is 48.2 Å². The number of rotatable bonds is 6. The van der Waals surface area contributed by atoms with Crippen LogP contribution < -0.4 is 11.1 Å². The zero-order chi connectivity index (χ0) is 23.6. The highest BCUT2D eigenvalue weighted by Crippen LogP contribution is 2.31. The molecule has 10 heteroatoms. The van der Waals surface area contributed by atoms with Gasteiger partial charge in [-0.1, -0.05) is 24.3 Å². The average molecular weight is 463 g/mol. The van der Waals surface area contributed by atoms with E-state index in [1.807, 2.05) is 0 Å². The van der Waals surface area contributed by atoms with Gasteiger partial charge in [0.1, 0.15) is 6.04 Å². The molecule has 1 fully saturated rings. The van der Waals surface area contributed by atoms with Crippen LogP contribution in [-0.2, 0) is 15.7 Å². The maximum atomic E-state index is 13.0. The molecule has 4 rings (SSSR count). The minimum Gasteiger partial charge on any atom is -0.408 e. The number of morpholine rings is 1. The second-order valence-electron chi connectivity index (χ2n) is 7.91. The molecule has 2 unspecified atom stereocenters. The summed E-state index contributed by atoms with van der Waals surface area (Å²) >= 11 is 0. The Labute approximate surface area is 187 Å². The molecule has 2 aromatic carbocycles. The van der Waals surface area contributed by atoms with Gasteiger partial charge in [-0.2, -0.15) is 13.2 Å². The van der Waals surface area contributed by atoms with E-state index < -0.39 is 29.4 Å². The lowest BCUT2D eigenvalue weighted by atomic mass is 10.0. The van der Waals surface area contributed by atoms with Crippen molar-refractivity contribution in [3.8, 4) is 0 Å². The third kappa shape index (κ3) is 4.96. The van der Waals surface area contributed by atoms with E-state index in [4.69, 9.17) is 9.15 Å². The highest BCUT2D eigenvalue weighted by atomic mass is 19.4. The number of hydrogen-bond donors (Lipinski definition) is 1. The van der Waals surface area contributed by atoms with Crippen molar-refractivity contribution < 1.29 is 27.1 Å². The number of alkyl halides is 3. The third-order valence-electron chi connectivity index (χ3n) is 5.86. The van der Waals surface area contributed by atoms with Crippen LogP contribution in [0.4, 0.5) is 13.2 Å². The van der Waals surface area contributed by atoms with Crippen molar-refractivity contribution in [1.82, 2.24) is 14.8 Å². The Morgan fingerprint density at radius 1 is 1.09 bits per heavy atom. The maximum Gasteiger partial charge on any atom is 0.420 e. The Bertz CT molecular complexity index is 1160. The van der Waals surface area contributed by atoms with Crippen LogP contribution in [0, 0.1) is 0 Å². The second-order valence-corrected chi connectivity index (χ2v) is 7.91. The first-order chi connectivity index (χ1) is 15.8. The zero-order valence-electron chi connectivity index (χ0n) is 18.0. The minimum atomic E-state index is -4.42. The summed E-state index contributed by atoms with van der Waals surface area (Å²) in [5, 5.41) is 2.86. The van der Waals surface area contributed by atoms with E-state index in [0.29, 0.717) is 43.0 Å². The molecule has 33 heavy (non-hydrogen) atoms. The number of ether oxygens (including phenoxy) is 1. The van der Waals surface area contributed by atoms with E-state index in [9.17, 15) is 22.8 Å². The number of halogens is 3. The number of oxazole rings is 1. The molecule has 7 nitrogen and oxygen atoms in total. The van der Waals surface area contributed by atoms with Crippen molar-refractivity contribution in [1.29, 1.82) is 0 Å². The van der Waals surface area contributed by atoms with E-state index >= 15 is 0 Å². The average Bonchev–Trinajstić information content (AvgIpc) is 3.14. The fourth-order valence-corrected chi connectivity index (χ4v) is 4.05. The Kier molecular flexibility index (Phi) is 6.57. The highest BCUT2D eigenvalue weighted by Gasteiger charge is 2.31. The number of benzene rings is 2. The topological polar surface area (TPSA) is 76.7 Å². The lowest BCUT2D eigenvalue weighted by Crippen LogP contribution is -2.45. The molecule has 0 saturated carbocycles. The van der Waals surface area contributed by atoms with Crippen LogP contribution in [0.25, 0.3) is 11.1 Å². The van der Waals surface area contributed by atoms with Gasteiger partial charge >= 0.3 is 11.9 Å². The normalized spacial score (nSPS) is 17.1. The molecule has 176 valence electrons. The Morgan fingerprint density at radius 2 is 1.76 bits per heavy atom. The van der Waals surface area contributed by atoms with Gasteiger partial charge in [0.25, 0.3) is 0 Å². The minimum absolute atomic E-state index is 0.166. The summed E-state index contributed by atoms with van der Waals surface area (Å²) in [5.41, 5.74) is 0.829. The molecule has 2 atom stereocenters. The summed E-state index contributed by atoms with van der Waals surface area (Å²) < 4.78 is 50.8. The van der Waals surface area contributed by atoms with E-state index in [1.165, 1.54) is 16.7 Å². The summed E-state index contributed by atoms with van der Waals surface area (Å²) in [7, 11) is 0. The number of amides is 1. The molecule has 1 N–H and O–H groups in total. The van der Waals surface area contributed by atoms with Crippen LogP contribution in [0.5, 0.6) is 0 Å². The Hall–Kier alpha value is -3.11. The van der Waals surface area contributed by atoms with Gasteiger partial charge in [-0.05, 0) is 36.8 Å². The van der Waals surface area contributed by atoms with Crippen LogP contribution in [0.3, 0.4) is 0 Å². The molecule has 1 amide bonds. The second kappa shape index (κ2) is 9.40. The van der Waals surface area contributed by atoms with Crippen molar-refractivity contribution >= 4 is 17.0 Å². The van der Waals surface area contributed by atoms with Gasteiger partial charge in [0.15, 0.2) is 5.58 Å².